The standard InChI is InChI=1S/C20H24N4O2S2/c1-14-12-15(2)18(16(3)13-14)28(25,26)24-9-5-8-23(10-11-24)20-22-17-6-4-7-21-19(17)27-20/h4,6-7,12-13H,5,8-11H2,1-3H3. The zero-order chi connectivity index (χ0) is 19.9. The molecule has 8 heteroatoms. The molecular weight excluding hydrogens is 392 g/mol. The quantitative estimate of drug-likeness (QED) is 0.654. The average molecular weight is 417 g/mol. The van der Waals surface area contributed by atoms with Gasteiger partial charge in [-0.3, -0.25) is 0 Å². The minimum Gasteiger partial charge on any atom is -0.347 e. The summed E-state index contributed by atoms with van der Waals surface area (Å²) in [6.45, 7) is 8.15. The van der Waals surface area contributed by atoms with Crippen LogP contribution >= 0.6 is 11.3 Å². The summed E-state index contributed by atoms with van der Waals surface area (Å²) in [6.07, 6.45) is 2.54. The van der Waals surface area contributed by atoms with Gasteiger partial charge >= 0.3 is 0 Å². The molecule has 0 amide bonds. The maximum atomic E-state index is 13.4. The second kappa shape index (κ2) is 7.42. The Kier molecular flexibility index (Phi) is 5.11. The highest BCUT2D eigenvalue weighted by Gasteiger charge is 2.30. The Morgan fingerprint density at radius 1 is 1.04 bits per heavy atom. The predicted molar refractivity (Wildman–Crippen MR) is 114 cm³/mol. The molecule has 28 heavy (non-hydrogen) atoms. The van der Waals surface area contributed by atoms with Gasteiger partial charge in [0.25, 0.3) is 0 Å². The van der Waals surface area contributed by atoms with E-state index in [-0.39, 0.29) is 0 Å². The van der Waals surface area contributed by atoms with Crippen molar-refractivity contribution in [2.75, 3.05) is 31.1 Å². The summed E-state index contributed by atoms with van der Waals surface area (Å²) >= 11 is 1.56. The molecule has 3 heterocycles. The van der Waals surface area contributed by atoms with Crippen LogP contribution in [-0.2, 0) is 10.0 Å². The lowest BCUT2D eigenvalue weighted by molar-refractivity contribution is 0.432. The molecule has 0 aliphatic carbocycles. The van der Waals surface area contributed by atoms with Gasteiger partial charge in [-0.25, -0.2) is 18.4 Å². The van der Waals surface area contributed by atoms with Crippen molar-refractivity contribution in [3.05, 3.63) is 47.2 Å². The van der Waals surface area contributed by atoms with Gasteiger partial charge in [0.2, 0.25) is 10.0 Å². The fourth-order valence-electron chi connectivity index (χ4n) is 3.92. The molecule has 4 rings (SSSR count). The number of nitrogens with zero attached hydrogens (tertiary/aromatic N) is 4. The summed E-state index contributed by atoms with van der Waals surface area (Å²) in [7, 11) is -3.52. The summed E-state index contributed by atoms with van der Waals surface area (Å²) in [5.41, 5.74) is 3.61. The van der Waals surface area contributed by atoms with Gasteiger partial charge in [-0.1, -0.05) is 29.0 Å². The number of hydrogen-bond donors (Lipinski definition) is 0. The van der Waals surface area contributed by atoms with Crippen LogP contribution in [0.3, 0.4) is 0 Å². The van der Waals surface area contributed by atoms with E-state index in [0.717, 1.165) is 45.1 Å². The molecule has 1 saturated heterocycles. The van der Waals surface area contributed by atoms with Crippen LogP contribution in [0.15, 0.2) is 35.4 Å². The molecule has 0 N–H and O–H groups in total. The van der Waals surface area contributed by atoms with Crippen LogP contribution in [0.1, 0.15) is 23.1 Å². The molecule has 0 atom stereocenters. The van der Waals surface area contributed by atoms with Crippen LogP contribution < -0.4 is 4.90 Å². The molecular formula is C20H24N4O2S2. The van der Waals surface area contributed by atoms with Gasteiger partial charge < -0.3 is 4.90 Å². The van der Waals surface area contributed by atoms with Gasteiger partial charge in [-0.2, -0.15) is 4.31 Å². The van der Waals surface area contributed by atoms with Crippen molar-refractivity contribution in [1.82, 2.24) is 14.3 Å². The third-order valence-electron chi connectivity index (χ3n) is 5.08. The second-order valence-electron chi connectivity index (χ2n) is 7.30. The average Bonchev–Trinajstić information content (AvgIpc) is 2.88. The number of fused-ring (bicyclic) bond motifs is 1. The van der Waals surface area contributed by atoms with Crippen molar-refractivity contribution in [1.29, 1.82) is 0 Å². The molecule has 148 valence electrons. The number of thiazole rings is 1. The number of hydrogen-bond acceptors (Lipinski definition) is 6. The Bertz CT molecular complexity index is 1070. The third kappa shape index (κ3) is 3.52. The van der Waals surface area contributed by atoms with Crippen LogP contribution in [0, 0.1) is 20.8 Å². The van der Waals surface area contributed by atoms with Gasteiger partial charge in [0.15, 0.2) is 5.13 Å². The van der Waals surface area contributed by atoms with Crippen LogP contribution in [0.2, 0.25) is 0 Å². The number of aromatic nitrogens is 2. The molecule has 2 aromatic heterocycles. The molecule has 6 nitrogen and oxygen atoms in total. The number of anilines is 1. The van der Waals surface area contributed by atoms with Gasteiger partial charge in [0.05, 0.1) is 4.90 Å². The van der Waals surface area contributed by atoms with Crippen LogP contribution in [0.5, 0.6) is 0 Å². The van der Waals surface area contributed by atoms with Gasteiger partial charge in [-0.15, -0.1) is 0 Å². The Hall–Kier alpha value is -2.03. The van der Waals surface area contributed by atoms with Crippen LogP contribution in [0.25, 0.3) is 10.3 Å². The predicted octanol–water partition coefficient (Wildman–Crippen LogP) is 3.52. The van der Waals surface area contributed by atoms with E-state index in [1.807, 2.05) is 45.0 Å². The first-order valence-electron chi connectivity index (χ1n) is 9.41. The van der Waals surface area contributed by atoms with E-state index >= 15 is 0 Å². The van der Waals surface area contributed by atoms with E-state index in [4.69, 9.17) is 0 Å². The molecule has 0 saturated carbocycles. The maximum Gasteiger partial charge on any atom is 0.243 e. The first-order chi connectivity index (χ1) is 13.4. The second-order valence-corrected chi connectivity index (χ2v) is 10.1. The molecule has 1 fully saturated rings. The summed E-state index contributed by atoms with van der Waals surface area (Å²) in [5, 5.41) is 0.913. The number of benzene rings is 1. The molecule has 1 aromatic carbocycles. The van der Waals surface area contributed by atoms with Crippen molar-refractivity contribution < 1.29 is 8.42 Å². The normalized spacial score (nSPS) is 16.5. The Balaban J connectivity index is 1.58. The van der Waals surface area contributed by atoms with Crippen molar-refractivity contribution in [2.45, 2.75) is 32.1 Å². The highest BCUT2D eigenvalue weighted by molar-refractivity contribution is 7.89. The lowest BCUT2D eigenvalue weighted by Gasteiger charge is -2.23. The van der Waals surface area contributed by atoms with Gasteiger partial charge in [0, 0.05) is 32.4 Å². The first-order valence-corrected chi connectivity index (χ1v) is 11.7. The van der Waals surface area contributed by atoms with Crippen LogP contribution in [0.4, 0.5) is 5.13 Å². The highest BCUT2D eigenvalue weighted by Crippen LogP contribution is 2.29. The summed E-state index contributed by atoms with van der Waals surface area (Å²) < 4.78 is 28.4. The Labute approximate surface area is 169 Å². The first kappa shape index (κ1) is 19.3. The maximum absolute atomic E-state index is 13.4. The minimum atomic E-state index is -3.52. The van der Waals surface area contributed by atoms with Crippen molar-refractivity contribution in [3.8, 4) is 0 Å². The van der Waals surface area contributed by atoms with E-state index in [9.17, 15) is 8.42 Å². The largest absolute Gasteiger partial charge is 0.347 e. The van der Waals surface area contributed by atoms with E-state index in [1.54, 1.807) is 21.8 Å². The highest BCUT2D eigenvalue weighted by atomic mass is 32.2. The number of rotatable bonds is 3. The zero-order valence-corrected chi connectivity index (χ0v) is 18.0. The molecule has 1 aliphatic heterocycles. The summed E-state index contributed by atoms with van der Waals surface area (Å²) in [6, 6.07) is 7.73. The van der Waals surface area contributed by atoms with Crippen molar-refractivity contribution in [3.63, 3.8) is 0 Å². The van der Waals surface area contributed by atoms with Gasteiger partial charge in [0.1, 0.15) is 10.3 Å². The Morgan fingerprint density at radius 3 is 2.50 bits per heavy atom. The summed E-state index contributed by atoms with van der Waals surface area (Å²) in [5.74, 6) is 0. The van der Waals surface area contributed by atoms with Crippen LogP contribution in [-0.4, -0.2) is 48.9 Å². The van der Waals surface area contributed by atoms with Crippen molar-refractivity contribution >= 4 is 36.8 Å². The lowest BCUT2D eigenvalue weighted by atomic mass is 10.1. The minimum absolute atomic E-state index is 0.454. The number of pyridine rings is 1. The van der Waals surface area contributed by atoms with E-state index in [0.29, 0.717) is 24.5 Å². The Morgan fingerprint density at radius 2 is 1.79 bits per heavy atom. The zero-order valence-electron chi connectivity index (χ0n) is 16.3. The monoisotopic (exact) mass is 416 g/mol. The SMILES string of the molecule is Cc1cc(C)c(S(=O)(=O)N2CCCN(c3nc4cccnc4s3)CC2)c(C)c1. The molecule has 0 unspecified atom stereocenters. The fourth-order valence-corrected chi connectivity index (χ4v) is 6.76. The number of sulfonamides is 1. The van der Waals surface area contributed by atoms with E-state index < -0.39 is 10.0 Å². The van der Waals surface area contributed by atoms with E-state index in [2.05, 4.69) is 14.9 Å². The third-order valence-corrected chi connectivity index (χ3v) is 8.33. The topological polar surface area (TPSA) is 66.4 Å². The smallest absolute Gasteiger partial charge is 0.243 e. The molecule has 0 radical (unpaired) electrons. The summed E-state index contributed by atoms with van der Waals surface area (Å²) in [4.78, 5) is 12.6. The molecule has 0 bridgehead atoms. The van der Waals surface area contributed by atoms with Crippen molar-refractivity contribution in [2.24, 2.45) is 0 Å². The number of aryl methyl sites for hydroxylation is 3. The van der Waals surface area contributed by atoms with E-state index in [1.165, 1.54) is 0 Å². The fraction of sp³-hybridized carbons (Fsp3) is 0.400. The lowest BCUT2D eigenvalue weighted by Crippen LogP contribution is -2.36. The molecule has 3 aromatic rings. The van der Waals surface area contributed by atoms with Gasteiger partial charge in [-0.05, 0) is 50.5 Å². The molecule has 0 spiro atoms. The molecule has 1 aliphatic rings.